The van der Waals surface area contributed by atoms with Gasteiger partial charge in [-0.2, -0.15) is 10.1 Å². The summed E-state index contributed by atoms with van der Waals surface area (Å²) >= 11 is 0. The van der Waals surface area contributed by atoms with Crippen LogP contribution in [-0.4, -0.2) is 23.0 Å². The Balaban J connectivity index is 1.47. The van der Waals surface area contributed by atoms with Crippen LogP contribution in [0, 0.1) is 18.8 Å². The second kappa shape index (κ2) is 5.77. The van der Waals surface area contributed by atoms with Gasteiger partial charge in [0.1, 0.15) is 11.5 Å². The molecular weight excluding hydrogens is 364 g/mol. The molecule has 2 aromatic carbocycles. The van der Waals surface area contributed by atoms with E-state index in [2.05, 4.69) is 29.4 Å². The van der Waals surface area contributed by atoms with Crippen LogP contribution >= 0.6 is 0 Å². The van der Waals surface area contributed by atoms with Gasteiger partial charge in [-0.3, -0.25) is 9.59 Å². The highest BCUT2D eigenvalue weighted by Crippen LogP contribution is 2.60. The van der Waals surface area contributed by atoms with Crippen molar-refractivity contribution in [3.63, 3.8) is 0 Å². The first kappa shape index (κ1) is 16.5. The Morgan fingerprint density at radius 1 is 0.793 bits per heavy atom. The molecule has 2 heterocycles. The number of rotatable bonds is 2. The predicted molar refractivity (Wildman–Crippen MR) is 106 cm³/mol. The van der Waals surface area contributed by atoms with Crippen LogP contribution in [0.5, 0.6) is 0 Å². The number of amides is 2. The third-order valence-corrected chi connectivity index (χ3v) is 6.49. The molecule has 0 N–H and O–H groups in total. The molecule has 2 amide bonds. The molecule has 0 saturated carbocycles. The highest BCUT2D eigenvalue weighted by molar-refractivity contribution is 6.08. The first-order chi connectivity index (χ1) is 14.1. The van der Waals surface area contributed by atoms with E-state index >= 15 is 0 Å². The van der Waals surface area contributed by atoms with Crippen LogP contribution in [0.2, 0.25) is 0 Å². The fourth-order valence-electron chi connectivity index (χ4n) is 5.41. The van der Waals surface area contributed by atoms with E-state index in [-0.39, 0.29) is 23.7 Å². The van der Waals surface area contributed by atoms with E-state index in [9.17, 15) is 9.59 Å². The van der Waals surface area contributed by atoms with Crippen molar-refractivity contribution >= 4 is 18.0 Å². The normalized spacial score (nSPS) is 26.7. The summed E-state index contributed by atoms with van der Waals surface area (Å²) < 4.78 is 5.49. The molecule has 0 spiro atoms. The first-order valence-electron chi connectivity index (χ1n) is 9.81. The molecule has 1 aromatic heterocycles. The Hall–Kier alpha value is -3.47. The molecule has 5 heteroatoms. The summed E-state index contributed by atoms with van der Waals surface area (Å²) in [6.45, 7) is 1.84. The van der Waals surface area contributed by atoms with Crippen LogP contribution < -0.4 is 0 Å². The van der Waals surface area contributed by atoms with Gasteiger partial charge in [0.15, 0.2) is 0 Å². The second-order valence-electron chi connectivity index (χ2n) is 7.95. The average Bonchev–Trinajstić information content (AvgIpc) is 3.28. The topological polar surface area (TPSA) is 62.9 Å². The zero-order chi connectivity index (χ0) is 19.7. The Morgan fingerprint density at radius 2 is 1.28 bits per heavy atom. The number of hydrazone groups is 1. The Labute approximate surface area is 167 Å². The molecule has 1 saturated heterocycles. The lowest BCUT2D eigenvalue weighted by molar-refractivity contribution is -0.139. The highest BCUT2D eigenvalue weighted by atomic mass is 16.3. The Morgan fingerprint density at radius 3 is 1.69 bits per heavy atom. The Bertz CT molecular complexity index is 1090. The first-order valence-corrected chi connectivity index (χ1v) is 9.81. The minimum Gasteiger partial charge on any atom is -0.460 e. The van der Waals surface area contributed by atoms with Crippen molar-refractivity contribution < 1.29 is 14.0 Å². The summed E-state index contributed by atoms with van der Waals surface area (Å²) in [6, 6.07) is 20.0. The van der Waals surface area contributed by atoms with Gasteiger partial charge >= 0.3 is 0 Å². The zero-order valence-electron chi connectivity index (χ0n) is 15.8. The maximum absolute atomic E-state index is 13.3. The molecule has 3 aliphatic carbocycles. The summed E-state index contributed by atoms with van der Waals surface area (Å²) in [4.78, 5) is 26.7. The molecular formula is C24H18N2O3. The van der Waals surface area contributed by atoms with Crippen LogP contribution in [0.25, 0.3) is 0 Å². The third-order valence-electron chi connectivity index (χ3n) is 6.49. The van der Waals surface area contributed by atoms with Gasteiger partial charge in [-0.1, -0.05) is 48.5 Å². The monoisotopic (exact) mass is 382 g/mol. The molecule has 3 aromatic rings. The van der Waals surface area contributed by atoms with E-state index in [1.165, 1.54) is 6.21 Å². The van der Waals surface area contributed by atoms with Crippen LogP contribution in [0.4, 0.5) is 0 Å². The number of benzene rings is 2. The average molecular weight is 382 g/mol. The number of aryl methyl sites for hydroxylation is 1. The van der Waals surface area contributed by atoms with Gasteiger partial charge in [-0.25, -0.2) is 0 Å². The molecule has 7 rings (SSSR count). The van der Waals surface area contributed by atoms with Crippen LogP contribution in [0.1, 0.15) is 45.6 Å². The van der Waals surface area contributed by atoms with E-state index in [0.717, 1.165) is 33.0 Å². The number of nitrogens with zero attached hydrogens (tertiary/aromatic N) is 2. The zero-order valence-corrected chi connectivity index (χ0v) is 15.8. The van der Waals surface area contributed by atoms with Crippen LogP contribution in [-0.2, 0) is 9.59 Å². The van der Waals surface area contributed by atoms with Crippen LogP contribution in [0.3, 0.4) is 0 Å². The van der Waals surface area contributed by atoms with E-state index in [0.29, 0.717) is 5.76 Å². The number of hydrogen-bond acceptors (Lipinski definition) is 4. The van der Waals surface area contributed by atoms with Crippen molar-refractivity contribution in [3.05, 3.63) is 94.4 Å². The van der Waals surface area contributed by atoms with Crippen molar-refractivity contribution in [3.8, 4) is 0 Å². The van der Waals surface area contributed by atoms with Crippen LogP contribution in [0.15, 0.2) is 70.2 Å². The van der Waals surface area contributed by atoms with Gasteiger partial charge in [-0.15, -0.1) is 0 Å². The smallest absolute Gasteiger partial charge is 0.254 e. The van der Waals surface area contributed by atoms with Gasteiger partial charge < -0.3 is 4.42 Å². The summed E-state index contributed by atoms with van der Waals surface area (Å²) in [7, 11) is 0. The van der Waals surface area contributed by atoms with E-state index < -0.39 is 11.8 Å². The number of carbonyl (C=O) groups excluding carboxylic acids is 2. The highest BCUT2D eigenvalue weighted by Gasteiger charge is 2.61. The number of hydrogen-bond donors (Lipinski definition) is 0. The minimum atomic E-state index is -0.409. The summed E-state index contributed by atoms with van der Waals surface area (Å²) in [5.74, 6) is -0.215. The van der Waals surface area contributed by atoms with E-state index in [4.69, 9.17) is 4.42 Å². The number of furan rings is 1. The van der Waals surface area contributed by atoms with Gasteiger partial charge in [0.2, 0.25) is 0 Å². The largest absolute Gasteiger partial charge is 0.460 e. The molecule has 4 aliphatic rings. The lowest BCUT2D eigenvalue weighted by Crippen LogP contribution is -2.41. The minimum absolute atomic E-state index is 0.111. The summed E-state index contributed by atoms with van der Waals surface area (Å²) in [5.41, 5.74) is 4.63. The van der Waals surface area contributed by atoms with Crippen molar-refractivity contribution in [1.82, 2.24) is 5.01 Å². The molecule has 2 bridgehead atoms. The van der Waals surface area contributed by atoms with Crippen molar-refractivity contribution in [1.29, 1.82) is 0 Å². The molecule has 2 atom stereocenters. The molecule has 142 valence electrons. The SMILES string of the molecule is Cc1ccc(/C=N\N2C(=O)[C@@H]3C4c5ccccc5C(c5ccccc54)[C@H]3C2=O)o1. The molecule has 0 unspecified atom stereocenters. The second-order valence-corrected chi connectivity index (χ2v) is 7.95. The standard InChI is InChI=1S/C24H18N2O3/c1-13-10-11-14(29-13)12-25-26-23(27)21-19-15-6-2-3-7-16(15)20(22(21)24(26)28)18-9-5-4-8-17(18)19/h2-12,19-22H,1H3/b25-12-/t19?,20?,21-,22-/m1/s1. The van der Waals surface area contributed by atoms with E-state index in [1.807, 2.05) is 37.3 Å². The van der Waals surface area contributed by atoms with E-state index in [1.54, 1.807) is 6.07 Å². The Kier molecular flexibility index (Phi) is 3.28. The lowest BCUT2D eigenvalue weighted by Gasteiger charge is -2.45. The van der Waals surface area contributed by atoms with Crippen molar-refractivity contribution in [2.45, 2.75) is 18.8 Å². The van der Waals surface area contributed by atoms with Gasteiger partial charge in [0.05, 0.1) is 18.1 Å². The van der Waals surface area contributed by atoms with Gasteiger partial charge in [0, 0.05) is 11.8 Å². The van der Waals surface area contributed by atoms with Crippen molar-refractivity contribution in [2.75, 3.05) is 0 Å². The fourth-order valence-corrected chi connectivity index (χ4v) is 5.41. The molecule has 29 heavy (non-hydrogen) atoms. The maximum Gasteiger partial charge on any atom is 0.254 e. The maximum atomic E-state index is 13.3. The summed E-state index contributed by atoms with van der Waals surface area (Å²) in [6.07, 6.45) is 1.45. The molecule has 1 aliphatic heterocycles. The third kappa shape index (κ3) is 2.13. The summed E-state index contributed by atoms with van der Waals surface area (Å²) in [5, 5.41) is 5.29. The number of carbonyl (C=O) groups is 2. The quantitative estimate of drug-likeness (QED) is 0.500. The number of imide groups is 1. The fraction of sp³-hybridized carbons (Fsp3) is 0.208. The molecule has 0 radical (unpaired) electrons. The molecule has 5 nitrogen and oxygen atoms in total. The van der Waals surface area contributed by atoms with Gasteiger partial charge in [0.25, 0.3) is 11.8 Å². The van der Waals surface area contributed by atoms with Gasteiger partial charge in [-0.05, 0) is 41.3 Å². The van der Waals surface area contributed by atoms with Crippen molar-refractivity contribution in [2.24, 2.45) is 16.9 Å². The predicted octanol–water partition coefficient (Wildman–Crippen LogP) is 3.81. The lowest BCUT2D eigenvalue weighted by atomic mass is 9.55. The molecule has 1 fully saturated rings.